The first-order valence-electron chi connectivity index (χ1n) is 9.44. The van der Waals surface area contributed by atoms with Crippen molar-refractivity contribution < 1.29 is 18.7 Å². The topological polar surface area (TPSA) is 73.5 Å². The molecule has 0 bridgehead atoms. The van der Waals surface area contributed by atoms with E-state index < -0.39 is 12.1 Å². The molecule has 1 aliphatic carbocycles. The van der Waals surface area contributed by atoms with E-state index in [4.69, 9.17) is 9.15 Å². The molecule has 0 saturated heterocycles. The van der Waals surface area contributed by atoms with Crippen molar-refractivity contribution in [2.45, 2.75) is 65.0 Å². The number of ether oxygens (including phenoxy) is 1. The number of nitrogens with one attached hydrogen (secondary N) is 1. The number of carbonyl (C=O) groups excluding carboxylic acids is 2. The van der Waals surface area contributed by atoms with Gasteiger partial charge in [0.05, 0.1) is 5.52 Å². The van der Waals surface area contributed by atoms with Gasteiger partial charge in [-0.05, 0) is 25.7 Å². The van der Waals surface area contributed by atoms with Crippen molar-refractivity contribution in [1.29, 1.82) is 0 Å². The van der Waals surface area contributed by atoms with Gasteiger partial charge in [0.2, 0.25) is 0 Å². The van der Waals surface area contributed by atoms with E-state index in [0.717, 1.165) is 37.0 Å². The van der Waals surface area contributed by atoms with Crippen LogP contribution >= 0.6 is 0 Å². The molecule has 0 spiro atoms. The van der Waals surface area contributed by atoms with Gasteiger partial charge in [-0.15, -0.1) is 0 Å². The first-order valence-corrected chi connectivity index (χ1v) is 9.44. The van der Waals surface area contributed by atoms with Crippen LogP contribution in [0.25, 0.3) is 11.1 Å². The van der Waals surface area contributed by atoms with Crippen LogP contribution in [0.2, 0.25) is 0 Å². The van der Waals surface area contributed by atoms with Gasteiger partial charge in [0.15, 0.2) is 11.7 Å². The maximum atomic E-state index is 12.7. The summed E-state index contributed by atoms with van der Waals surface area (Å²) in [6.07, 6.45) is 4.70. The maximum Gasteiger partial charge on any atom is 0.355 e. The van der Waals surface area contributed by atoms with Gasteiger partial charge in [-0.2, -0.15) is 0 Å². The van der Waals surface area contributed by atoms with Crippen LogP contribution in [0.1, 0.15) is 62.2 Å². The van der Waals surface area contributed by atoms with Gasteiger partial charge < -0.3 is 19.0 Å². The molecular formula is C20H28N2O4. The van der Waals surface area contributed by atoms with E-state index in [1.807, 2.05) is 26.8 Å². The Labute approximate surface area is 153 Å². The lowest BCUT2D eigenvalue weighted by molar-refractivity contribution is -0.133. The molecular weight excluding hydrogens is 332 g/mol. The summed E-state index contributed by atoms with van der Waals surface area (Å²) in [6, 6.07) is 3.74. The second-order valence-electron chi connectivity index (χ2n) is 7.61. The molecule has 26 heavy (non-hydrogen) atoms. The fourth-order valence-electron chi connectivity index (χ4n) is 3.63. The van der Waals surface area contributed by atoms with Crippen molar-refractivity contribution in [3.63, 3.8) is 0 Å². The Bertz CT molecular complexity index is 796. The molecule has 6 heteroatoms. The Balaban J connectivity index is 1.71. The fraction of sp³-hybridized carbons (Fsp3) is 0.600. The van der Waals surface area contributed by atoms with E-state index in [-0.39, 0.29) is 17.9 Å². The molecule has 0 aliphatic heterocycles. The third kappa shape index (κ3) is 3.79. The number of rotatable bonds is 5. The van der Waals surface area contributed by atoms with Crippen molar-refractivity contribution in [3.05, 3.63) is 23.6 Å². The van der Waals surface area contributed by atoms with Gasteiger partial charge in [-0.1, -0.05) is 33.1 Å². The number of furan rings is 1. The zero-order chi connectivity index (χ0) is 18.8. The highest BCUT2D eigenvalue weighted by Gasteiger charge is 2.30. The zero-order valence-corrected chi connectivity index (χ0v) is 16.0. The largest absolute Gasteiger partial charge is 0.460 e. The SMILES string of the molecule is Cc1cc2c(cc(C(=O)O[C@H](C(=O)NC3CCCCC3)C(C)C)n2C)o1. The highest BCUT2D eigenvalue weighted by molar-refractivity contribution is 5.95. The number of fused-ring (bicyclic) bond motifs is 1. The summed E-state index contributed by atoms with van der Waals surface area (Å²) >= 11 is 0. The highest BCUT2D eigenvalue weighted by Crippen LogP contribution is 2.24. The quantitative estimate of drug-likeness (QED) is 0.825. The van der Waals surface area contributed by atoms with Crippen molar-refractivity contribution in [3.8, 4) is 0 Å². The first kappa shape index (κ1) is 18.5. The monoisotopic (exact) mass is 360 g/mol. The minimum atomic E-state index is -0.799. The summed E-state index contributed by atoms with van der Waals surface area (Å²) in [5, 5.41) is 3.06. The molecule has 2 aromatic rings. The molecule has 1 aliphatic rings. The molecule has 0 unspecified atom stereocenters. The molecule has 1 fully saturated rings. The summed E-state index contributed by atoms with van der Waals surface area (Å²) in [5.41, 5.74) is 1.86. The number of hydrogen-bond acceptors (Lipinski definition) is 4. The van der Waals surface area contributed by atoms with Crippen LogP contribution < -0.4 is 5.32 Å². The number of carbonyl (C=O) groups is 2. The lowest BCUT2D eigenvalue weighted by atomic mass is 9.95. The average Bonchev–Trinajstić information content (AvgIpc) is 3.10. The fourth-order valence-corrected chi connectivity index (χ4v) is 3.63. The summed E-state index contributed by atoms with van der Waals surface area (Å²) in [4.78, 5) is 25.3. The Morgan fingerprint density at radius 3 is 2.54 bits per heavy atom. The number of amides is 1. The van der Waals surface area contributed by atoms with Crippen LogP contribution in [-0.2, 0) is 16.6 Å². The summed E-state index contributed by atoms with van der Waals surface area (Å²) in [7, 11) is 1.79. The summed E-state index contributed by atoms with van der Waals surface area (Å²) < 4.78 is 12.9. The van der Waals surface area contributed by atoms with Gasteiger partial charge in [0.25, 0.3) is 5.91 Å². The van der Waals surface area contributed by atoms with E-state index in [0.29, 0.717) is 11.3 Å². The molecule has 1 atom stereocenters. The molecule has 0 aromatic carbocycles. The Kier molecular flexibility index (Phi) is 5.39. The smallest absolute Gasteiger partial charge is 0.355 e. The van der Waals surface area contributed by atoms with E-state index in [1.54, 1.807) is 17.7 Å². The van der Waals surface area contributed by atoms with Crippen molar-refractivity contribution in [1.82, 2.24) is 9.88 Å². The molecule has 6 nitrogen and oxygen atoms in total. The van der Waals surface area contributed by atoms with Crippen molar-refractivity contribution in [2.75, 3.05) is 0 Å². The van der Waals surface area contributed by atoms with Gasteiger partial charge in [-0.3, -0.25) is 4.79 Å². The molecule has 1 amide bonds. The molecule has 1 N–H and O–H groups in total. The minimum absolute atomic E-state index is 0.104. The number of aromatic nitrogens is 1. The molecule has 2 heterocycles. The third-order valence-corrected chi connectivity index (χ3v) is 5.11. The molecule has 2 aromatic heterocycles. The number of hydrogen-bond donors (Lipinski definition) is 1. The molecule has 0 radical (unpaired) electrons. The summed E-state index contributed by atoms with van der Waals surface area (Å²) in [6.45, 7) is 5.64. The Morgan fingerprint density at radius 1 is 1.23 bits per heavy atom. The van der Waals surface area contributed by atoms with E-state index in [2.05, 4.69) is 5.32 Å². The molecule has 1 saturated carbocycles. The first-order chi connectivity index (χ1) is 12.4. The van der Waals surface area contributed by atoms with Gasteiger partial charge in [0.1, 0.15) is 11.5 Å². The zero-order valence-electron chi connectivity index (χ0n) is 16.0. The van der Waals surface area contributed by atoms with Gasteiger partial charge in [-0.25, -0.2) is 4.79 Å². The van der Waals surface area contributed by atoms with Crippen LogP contribution in [0.3, 0.4) is 0 Å². The average molecular weight is 360 g/mol. The Morgan fingerprint density at radius 2 is 1.92 bits per heavy atom. The van der Waals surface area contributed by atoms with Crippen LogP contribution in [-0.4, -0.2) is 28.6 Å². The third-order valence-electron chi connectivity index (χ3n) is 5.11. The maximum absolute atomic E-state index is 12.7. The number of esters is 1. The lowest BCUT2D eigenvalue weighted by Gasteiger charge is -2.27. The van der Waals surface area contributed by atoms with E-state index in [1.165, 1.54) is 6.42 Å². The minimum Gasteiger partial charge on any atom is -0.460 e. The second kappa shape index (κ2) is 7.56. The predicted octanol–water partition coefficient (Wildman–Crippen LogP) is 3.71. The standard InChI is InChI=1S/C20H28N2O4/c1-12(2)18(19(23)21-14-8-6-5-7-9-14)26-20(24)16-11-17-15(22(16)4)10-13(3)25-17/h10-12,14,18H,5-9H2,1-4H3,(H,21,23)/t18-/m0/s1. The van der Waals surface area contributed by atoms with Crippen molar-refractivity contribution in [2.24, 2.45) is 13.0 Å². The Hall–Kier alpha value is -2.24. The molecule has 3 rings (SSSR count). The van der Waals surface area contributed by atoms with Crippen LogP contribution in [0, 0.1) is 12.8 Å². The predicted molar refractivity (Wildman–Crippen MR) is 99.0 cm³/mol. The summed E-state index contributed by atoms with van der Waals surface area (Å²) in [5.74, 6) is -0.0199. The van der Waals surface area contributed by atoms with Crippen LogP contribution in [0.15, 0.2) is 16.5 Å². The van der Waals surface area contributed by atoms with Crippen molar-refractivity contribution >= 4 is 23.0 Å². The molecule has 142 valence electrons. The second-order valence-corrected chi connectivity index (χ2v) is 7.61. The normalized spacial score (nSPS) is 16.8. The van der Waals surface area contributed by atoms with E-state index in [9.17, 15) is 9.59 Å². The van der Waals surface area contributed by atoms with Gasteiger partial charge in [0, 0.05) is 25.2 Å². The van der Waals surface area contributed by atoms with E-state index >= 15 is 0 Å². The lowest BCUT2D eigenvalue weighted by Crippen LogP contribution is -2.46. The number of aryl methyl sites for hydroxylation is 2. The van der Waals surface area contributed by atoms with Crippen LogP contribution in [0.4, 0.5) is 0 Å². The number of nitrogens with zero attached hydrogens (tertiary/aromatic N) is 1. The van der Waals surface area contributed by atoms with Gasteiger partial charge >= 0.3 is 5.97 Å². The highest BCUT2D eigenvalue weighted by atomic mass is 16.5. The van der Waals surface area contributed by atoms with Crippen LogP contribution in [0.5, 0.6) is 0 Å².